The van der Waals surface area contributed by atoms with Gasteiger partial charge in [-0.3, -0.25) is 0 Å². The molecular weight excluding hydrogens is 691 g/mol. The molecule has 10 rings (SSSR count). The van der Waals surface area contributed by atoms with Crippen molar-refractivity contribution in [3.63, 3.8) is 0 Å². The van der Waals surface area contributed by atoms with Gasteiger partial charge in [-0.2, -0.15) is 0 Å². The van der Waals surface area contributed by atoms with Gasteiger partial charge in [0.05, 0.1) is 23.4 Å². The predicted molar refractivity (Wildman–Crippen MR) is 233 cm³/mol. The lowest BCUT2D eigenvalue weighted by atomic mass is 9.67. The smallest absolute Gasteiger partial charge is 0.187 e. The number of hydrogen-bond donors (Lipinski definition) is 0. The molecule has 3 heteroatoms. The molecule has 1 aliphatic carbocycles. The molecule has 0 saturated heterocycles. The van der Waals surface area contributed by atoms with E-state index in [0.717, 1.165) is 50.3 Å². The Morgan fingerprint density at radius 3 is 1.28 bits per heavy atom. The van der Waals surface area contributed by atoms with E-state index >= 15 is 0 Å². The molecule has 8 aromatic carbocycles. The Bertz CT molecular complexity index is 2880. The second kappa shape index (κ2) is 14.2. The van der Waals surface area contributed by atoms with Gasteiger partial charge in [-0.1, -0.05) is 194 Å². The van der Waals surface area contributed by atoms with Crippen LogP contribution in [-0.4, -0.2) is 9.97 Å². The summed E-state index contributed by atoms with van der Waals surface area (Å²) >= 11 is 0. The molecule has 1 aliphatic rings. The molecule has 1 heterocycles. The summed E-state index contributed by atoms with van der Waals surface area (Å²) in [5.41, 5.74) is 16.5. The average molecular weight is 726 g/mol. The Hall–Kier alpha value is -7.67. The molecule has 1 aromatic heterocycles. The number of fused-ring (bicyclic) bond motifs is 3. The van der Waals surface area contributed by atoms with E-state index in [0.29, 0.717) is 11.5 Å². The highest BCUT2D eigenvalue weighted by molar-refractivity contribution is 5.90. The van der Waals surface area contributed by atoms with Crippen LogP contribution in [0, 0.1) is 6.57 Å². The number of nitrogens with zero attached hydrogens (tertiary/aromatic N) is 3. The third-order valence-corrected chi connectivity index (χ3v) is 11.2. The third-order valence-electron chi connectivity index (χ3n) is 11.2. The Balaban J connectivity index is 1.06. The summed E-state index contributed by atoms with van der Waals surface area (Å²) in [6, 6.07) is 74.5. The fourth-order valence-electron chi connectivity index (χ4n) is 8.49. The SMILES string of the molecule is [C-]#[N+]c1ccc2c(c1)-c1cc(-c3ccc(-c4cc(-c5ccc(-c6ccccc6)cc5)nc(-c5ccccc5)n4)cc3)ccc1C2(c1ccccc1)c1ccccc1. The van der Waals surface area contributed by atoms with E-state index in [1.165, 1.54) is 33.4 Å². The van der Waals surface area contributed by atoms with E-state index in [1.807, 2.05) is 30.3 Å². The topological polar surface area (TPSA) is 30.1 Å². The molecule has 9 aromatic rings. The van der Waals surface area contributed by atoms with Crippen molar-refractivity contribution in [3.05, 3.63) is 246 Å². The summed E-state index contributed by atoms with van der Waals surface area (Å²) in [6.45, 7) is 7.87. The zero-order valence-electron chi connectivity index (χ0n) is 31.0. The van der Waals surface area contributed by atoms with Gasteiger partial charge in [0.25, 0.3) is 0 Å². The standard InChI is InChI=1S/C54H35N3/c1-55-46-31-33-50-48(35-46)47-34-43(30-32-49(47)54(50,44-18-10-4-11-19-44)45-20-12-5-13-21-45)39-24-28-41(29-25-39)52-36-51(56-53(57-52)42-16-8-3-9-17-42)40-26-22-38(23-27-40)37-14-6-2-7-15-37/h2-36H. The largest absolute Gasteiger partial charge is 0.238 e. The lowest BCUT2D eigenvalue weighted by molar-refractivity contribution is 0.768. The van der Waals surface area contributed by atoms with E-state index in [2.05, 4.69) is 187 Å². The van der Waals surface area contributed by atoms with Crippen LogP contribution in [0.2, 0.25) is 0 Å². The van der Waals surface area contributed by atoms with Crippen LogP contribution in [0.15, 0.2) is 212 Å². The first-order valence-corrected chi connectivity index (χ1v) is 19.2. The summed E-state index contributed by atoms with van der Waals surface area (Å²) in [4.78, 5) is 14.0. The second-order valence-corrected chi connectivity index (χ2v) is 14.4. The van der Waals surface area contributed by atoms with Crippen LogP contribution < -0.4 is 0 Å². The fraction of sp³-hybridized carbons (Fsp3) is 0.0185. The van der Waals surface area contributed by atoms with Crippen molar-refractivity contribution in [1.82, 2.24) is 9.97 Å². The van der Waals surface area contributed by atoms with Crippen molar-refractivity contribution in [2.24, 2.45) is 0 Å². The second-order valence-electron chi connectivity index (χ2n) is 14.4. The summed E-state index contributed by atoms with van der Waals surface area (Å²) in [5.74, 6) is 0.690. The number of benzene rings is 8. The Morgan fingerprint density at radius 2 is 0.754 bits per heavy atom. The van der Waals surface area contributed by atoms with Crippen LogP contribution in [0.1, 0.15) is 22.3 Å². The zero-order valence-corrected chi connectivity index (χ0v) is 31.0. The van der Waals surface area contributed by atoms with Crippen molar-refractivity contribution in [2.45, 2.75) is 5.41 Å². The highest BCUT2D eigenvalue weighted by Gasteiger charge is 2.46. The van der Waals surface area contributed by atoms with E-state index in [4.69, 9.17) is 16.5 Å². The Kier molecular flexibility index (Phi) is 8.43. The van der Waals surface area contributed by atoms with Gasteiger partial charge in [-0.15, -0.1) is 0 Å². The maximum absolute atomic E-state index is 7.87. The summed E-state index contributed by atoms with van der Waals surface area (Å²) in [5, 5.41) is 0. The number of aromatic nitrogens is 2. The van der Waals surface area contributed by atoms with Crippen LogP contribution in [0.25, 0.3) is 72.1 Å². The first-order valence-electron chi connectivity index (χ1n) is 19.2. The fourth-order valence-corrected chi connectivity index (χ4v) is 8.49. The van der Waals surface area contributed by atoms with Gasteiger partial charge in [0.1, 0.15) is 0 Å². The van der Waals surface area contributed by atoms with Crippen molar-refractivity contribution >= 4 is 5.69 Å². The molecule has 0 amide bonds. The molecule has 0 spiro atoms. The molecule has 57 heavy (non-hydrogen) atoms. The lowest BCUT2D eigenvalue weighted by Gasteiger charge is -2.34. The third kappa shape index (κ3) is 5.92. The van der Waals surface area contributed by atoms with Gasteiger partial charge in [0.15, 0.2) is 11.5 Å². The van der Waals surface area contributed by atoms with Gasteiger partial charge >= 0.3 is 0 Å². The van der Waals surface area contributed by atoms with Gasteiger partial charge < -0.3 is 0 Å². The van der Waals surface area contributed by atoms with Crippen LogP contribution in [0.5, 0.6) is 0 Å². The molecule has 0 aliphatic heterocycles. The van der Waals surface area contributed by atoms with Crippen LogP contribution in [-0.2, 0) is 5.41 Å². The highest BCUT2D eigenvalue weighted by atomic mass is 14.9. The van der Waals surface area contributed by atoms with Gasteiger partial charge in [-0.25, -0.2) is 14.8 Å². The molecule has 0 bridgehead atoms. The van der Waals surface area contributed by atoms with Crippen LogP contribution in [0.4, 0.5) is 5.69 Å². The van der Waals surface area contributed by atoms with Crippen LogP contribution in [0.3, 0.4) is 0 Å². The predicted octanol–water partition coefficient (Wildman–Crippen LogP) is 13.7. The van der Waals surface area contributed by atoms with Crippen molar-refractivity contribution in [3.8, 4) is 67.3 Å². The monoisotopic (exact) mass is 725 g/mol. The molecule has 0 fully saturated rings. The molecule has 0 atom stereocenters. The molecule has 0 N–H and O–H groups in total. The van der Waals surface area contributed by atoms with E-state index in [-0.39, 0.29) is 0 Å². The first kappa shape index (κ1) is 33.9. The maximum atomic E-state index is 7.87. The number of hydrogen-bond acceptors (Lipinski definition) is 2. The minimum atomic E-state index is -0.515. The maximum Gasteiger partial charge on any atom is 0.187 e. The Labute approximate surface area is 333 Å². The minimum Gasteiger partial charge on any atom is -0.238 e. The Morgan fingerprint density at radius 1 is 0.351 bits per heavy atom. The molecule has 0 saturated carbocycles. The summed E-state index contributed by atoms with van der Waals surface area (Å²) < 4.78 is 0. The highest BCUT2D eigenvalue weighted by Crippen LogP contribution is 2.57. The zero-order chi connectivity index (χ0) is 38.2. The van der Waals surface area contributed by atoms with Crippen molar-refractivity contribution in [1.29, 1.82) is 0 Å². The molecule has 0 radical (unpaired) electrons. The number of rotatable bonds is 7. The van der Waals surface area contributed by atoms with Gasteiger partial charge in [-0.05, 0) is 73.8 Å². The van der Waals surface area contributed by atoms with E-state index < -0.39 is 5.41 Å². The summed E-state index contributed by atoms with van der Waals surface area (Å²) in [6.07, 6.45) is 0. The van der Waals surface area contributed by atoms with Crippen molar-refractivity contribution < 1.29 is 0 Å². The van der Waals surface area contributed by atoms with E-state index in [1.54, 1.807) is 0 Å². The normalized spacial score (nSPS) is 12.3. The van der Waals surface area contributed by atoms with Gasteiger partial charge in [0.2, 0.25) is 0 Å². The first-order chi connectivity index (χ1) is 28.2. The van der Waals surface area contributed by atoms with Crippen molar-refractivity contribution in [2.75, 3.05) is 0 Å². The molecule has 0 unspecified atom stereocenters. The molecule has 3 nitrogen and oxygen atoms in total. The molecule has 266 valence electrons. The lowest BCUT2D eigenvalue weighted by Crippen LogP contribution is -2.28. The minimum absolute atomic E-state index is 0.515. The molecular formula is C54H35N3. The van der Waals surface area contributed by atoms with E-state index in [9.17, 15) is 0 Å². The quantitative estimate of drug-likeness (QED) is 0.153. The summed E-state index contributed by atoms with van der Waals surface area (Å²) in [7, 11) is 0. The van der Waals surface area contributed by atoms with Crippen LogP contribution >= 0.6 is 0 Å². The van der Waals surface area contributed by atoms with Gasteiger partial charge in [0, 0.05) is 16.7 Å². The average Bonchev–Trinajstić information content (AvgIpc) is 3.60.